The van der Waals surface area contributed by atoms with Gasteiger partial charge in [0.05, 0.1) is 0 Å². The Hall–Kier alpha value is 1.13. The summed E-state index contributed by atoms with van der Waals surface area (Å²) < 4.78 is 1.22. The maximum absolute atomic E-state index is 4.99. The molecule has 0 aliphatic carbocycles. The Kier molecular flexibility index (Phi) is 23.8. The van der Waals surface area contributed by atoms with Crippen molar-refractivity contribution in [2.45, 2.75) is 55.4 Å². The first-order valence-electron chi connectivity index (χ1n) is 8.95. The molecule has 0 bridgehead atoms. The molecule has 0 unspecified atom stereocenters. The maximum atomic E-state index is 4.99. The molecular weight excluding hydrogens is 500 g/mol. The van der Waals surface area contributed by atoms with E-state index < -0.39 is 0 Å². The predicted molar refractivity (Wildman–Crippen MR) is 130 cm³/mol. The standard InChI is InChI=1S/2C9H19NS2.Mo.S/c2*1-7(2)5-10(9(11)12)6-8(3)4;;/h2*7-8H,5-6H2,1-4H3,(H,11,12);;/q;;+2;/p-2. The first kappa shape index (κ1) is 31.8. The van der Waals surface area contributed by atoms with Crippen LogP contribution in [0.25, 0.3) is 0 Å². The minimum atomic E-state index is 0.609. The molecule has 0 heterocycles. The zero-order valence-electron chi connectivity index (χ0n) is 17.5. The van der Waals surface area contributed by atoms with Crippen LogP contribution in [0.2, 0.25) is 0 Å². The molecule has 0 aromatic rings. The zero-order valence-corrected chi connectivity index (χ0v) is 23.6. The molecule has 0 spiro atoms. The van der Waals surface area contributed by atoms with Crippen LogP contribution < -0.4 is 0 Å². The van der Waals surface area contributed by atoms with E-state index in [4.69, 9.17) is 49.7 Å². The second-order valence-electron chi connectivity index (χ2n) is 7.92. The van der Waals surface area contributed by atoms with Gasteiger partial charge in [-0.25, -0.2) is 0 Å². The minimum absolute atomic E-state index is 0.609. The molecule has 154 valence electrons. The van der Waals surface area contributed by atoms with Crippen LogP contribution in [0.3, 0.4) is 0 Å². The molecule has 0 radical (unpaired) electrons. The van der Waals surface area contributed by atoms with Gasteiger partial charge in [-0.3, -0.25) is 0 Å². The van der Waals surface area contributed by atoms with Gasteiger partial charge in [-0.15, -0.1) is 0 Å². The van der Waals surface area contributed by atoms with Crippen molar-refractivity contribution in [1.82, 2.24) is 9.80 Å². The molecule has 8 heteroatoms. The summed E-state index contributed by atoms with van der Waals surface area (Å²) in [6.07, 6.45) is 0. The topological polar surface area (TPSA) is 6.48 Å². The molecule has 0 aliphatic rings. The van der Waals surface area contributed by atoms with Gasteiger partial charge in [0.1, 0.15) is 0 Å². The van der Waals surface area contributed by atoms with Crippen molar-refractivity contribution in [2.75, 3.05) is 26.2 Å². The van der Waals surface area contributed by atoms with Gasteiger partial charge in [-0.05, 0) is 23.7 Å². The van der Waals surface area contributed by atoms with Gasteiger partial charge in [0.25, 0.3) is 0 Å². The summed E-state index contributed by atoms with van der Waals surface area (Å²) in [4.78, 5) is 4.22. The fourth-order valence-corrected chi connectivity index (χ4v) is 2.81. The molecule has 0 saturated carbocycles. The first-order valence-corrected chi connectivity index (χ1v) is 13.4. The third kappa shape index (κ3) is 23.2. The van der Waals surface area contributed by atoms with Gasteiger partial charge in [0.2, 0.25) is 0 Å². The Bertz CT molecular complexity index is 323. The van der Waals surface area contributed by atoms with Crippen molar-refractivity contribution in [1.29, 1.82) is 0 Å². The summed E-state index contributed by atoms with van der Waals surface area (Å²) >= 11 is 21.5. The molecule has 0 rings (SSSR count). The molecule has 2 nitrogen and oxygen atoms in total. The molecule has 0 atom stereocenters. The summed E-state index contributed by atoms with van der Waals surface area (Å²) in [5.41, 5.74) is 0. The molecule has 0 amide bonds. The van der Waals surface area contributed by atoms with Crippen LogP contribution >= 0.6 is 34.3 Å². The predicted octanol–water partition coefficient (Wildman–Crippen LogP) is 5.51. The van der Waals surface area contributed by atoms with E-state index in [9.17, 15) is 0 Å². The summed E-state index contributed by atoms with van der Waals surface area (Å²) in [6, 6.07) is 0. The van der Waals surface area contributed by atoms with Crippen molar-refractivity contribution in [3.8, 4) is 0 Å². The second kappa shape index (κ2) is 19.4. The Morgan fingerprint density at radius 1 is 0.615 bits per heavy atom. The summed E-state index contributed by atoms with van der Waals surface area (Å²) in [7, 11) is 4.09. The quantitative estimate of drug-likeness (QED) is 0.226. The molecule has 0 aromatic heterocycles. The van der Waals surface area contributed by atoms with E-state index in [1.54, 1.807) is 0 Å². The molecular formula is C18H36MoN2S5. The number of rotatable bonds is 8. The van der Waals surface area contributed by atoms with Crippen LogP contribution in [-0.2, 0) is 43.3 Å². The van der Waals surface area contributed by atoms with Crippen LogP contribution in [0, 0.1) is 23.7 Å². The van der Waals surface area contributed by atoms with E-state index >= 15 is 0 Å². The van der Waals surface area contributed by atoms with E-state index in [2.05, 4.69) is 75.0 Å². The average molecular weight is 537 g/mol. The van der Waals surface area contributed by atoms with E-state index in [0.29, 0.717) is 32.3 Å². The fraction of sp³-hybridized carbons (Fsp3) is 0.889. The van der Waals surface area contributed by atoms with E-state index in [1.165, 1.54) is 18.0 Å². The Morgan fingerprint density at radius 2 is 0.769 bits per heavy atom. The monoisotopic (exact) mass is 538 g/mol. The van der Waals surface area contributed by atoms with Crippen LogP contribution in [0.5, 0.6) is 0 Å². The third-order valence-corrected chi connectivity index (χ3v) is 3.89. The van der Waals surface area contributed by atoms with Crippen LogP contribution in [0.4, 0.5) is 0 Å². The Morgan fingerprint density at radius 3 is 0.846 bits per heavy atom. The van der Waals surface area contributed by atoms with Crippen LogP contribution in [-0.4, -0.2) is 44.6 Å². The molecule has 0 aliphatic heterocycles. The van der Waals surface area contributed by atoms with Gasteiger partial charge in [0, 0.05) is 26.2 Å². The number of thiocarbonyl (C=S) groups is 2. The van der Waals surface area contributed by atoms with E-state index in [0.717, 1.165) is 26.2 Å². The second-order valence-corrected chi connectivity index (χ2v) is 9.98. The van der Waals surface area contributed by atoms with Crippen molar-refractivity contribution in [3.63, 3.8) is 0 Å². The van der Waals surface area contributed by atoms with Crippen LogP contribution in [0.1, 0.15) is 55.4 Å². The number of hydrogen-bond donors (Lipinski definition) is 0. The Balaban J connectivity index is -0.000000371. The zero-order chi connectivity index (χ0) is 21.4. The number of nitrogens with zero attached hydrogens (tertiary/aromatic N) is 2. The first-order chi connectivity index (χ1) is 11.9. The normalized spacial score (nSPS) is 10.1. The molecule has 0 saturated heterocycles. The molecule has 0 aromatic carbocycles. The van der Waals surface area contributed by atoms with Crippen LogP contribution in [0.15, 0.2) is 0 Å². The van der Waals surface area contributed by atoms with Crippen molar-refractivity contribution < 1.29 is 18.0 Å². The molecule has 0 fully saturated rings. The van der Waals surface area contributed by atoms with E-state index in [1.807, 2.05) is 0 Å². The van der Waals surface area contributed by atoms with Gasteiger partial charge in [-0.2, -0.15) is 0 Å². The number of hydrogen-bond acceptors (Lipinski definition) is 5. The van der Waals surface area contributed by atoms with Crippen molar-refractivity contribution >= 4 is 68.2 Å². The SMILES string of the molecule is CC(C)CN(CC(C)C)C(=S)[S-].CC(C)CN(CC(C)C)C(=S)[S-].[S]=[Mo+2]. The van der Waals surface area contributed by atoms with Crippen molar-refractivity contribution in [2.24, 2.45) is 23.7 Å². The molecule has 0 N–H and O–H groups in total. The van der Waals surface area contributed by atoms with Gasteiger partial charge in [0.15, 0.2) is 0 Å². The Labute approximate surface area is 199 Å². The third-order valence-electron chi connectivity index (χ3n) is 2.86. The van der Waals surface area contributed by atoms with Gasteiger partial charge < -0.3 is 59.5 Å². The van der Waals surface area contributed by atoms with E-state index in [-0.39, 0.29) is 0 Å². The van der Waals surface area contributed by atoms with Crippen molar-refractivity contribution in [3.05, 3.63) is 0 Å². The summed E-state index contributed by atoms with van der Waals surface area (Å²) in [5.74, 6) is 2.52. The molecule has 26 heavy (non-hydrogen) atoms. The summed E-state index contributed by atoms with van der Waals surface area (Å²) in [6.45, 7) is 21.4. The van der Waals surface area contributed by atoms with Gasteiger partial charge in [-0.1, -0.05) is 64.0 Å². The van der Waals surface area contributed by atoms with Gasteiger partial charge >= 0.3 is 27.8 Å². The fourth-order valence-electron chi connectivity index (χ4n) is 2.21. The average Bonchev–Trinajstić information content (AvgIpc) is 2.46. The summed E-state index contributed by atoms with van der Waals surface area (Å²) in [5, 5.41) is 0.